The van der Waals surface area contributed by atoms with Crippen molar-refractivity contribution in [1.82, 2.24) is 14.3 Å². The number of methoxy groups -OCH3 is 1. The van der Waals surface area contributed by atoms with Crippen LogP contribution in [0.2, 0.25) is 0 Å². The van der Waals surface area contributed by atoms with E-state index in [2.05, 4.69) is 17.0 Å². The normalized spacial score (nSPS) is 20.6. The molecule has 1 aliphatic heterocycles. The topological polar surface area (TPSA) is 70.7 Å². The predicted molar refractivity (Wildman–Crippen MR) is 76.2 cm³/mol. The number of nitrogens with one attached hydrogen (secondary N) is 2. The van der Waals surface area contributed by atoms with Gasteiger partial charge in [0.05, 0.1) is 6.61 Å². The number of hydrogen-bond donors (Lipinski definition) is 2. The molecule has 19 heavy (non-hydrogen) atoms. The first kappa shape index (κ1) is 16.8. The Labute approximate surface area is 117 Å². The molecule has 0 aliphatic carbocycles. The van der Waals surface area contributed by atoms with E-state index in [-0.39, 0.29) is 6.04 Å². The van der Waals surface area contributed by atoms with Gasteiger partial charge < -0.3 is 10.1 Å². The molecule has 1 aliphatic rings. The summed E-state index contributed by atoms with van der Waals surface area (Å²) in [4.78, 5) is 0. The second kappa shape index (κ2) is 8.16. The van der Waals surface area contributed by atoms with Gasteiger partial charge in [-0.25, -0.2) is 0 Å². The minimum absolute atomic E-state index is 0.200. The van der Waals surface area contributed by atoms with Crippen LogP contribution >= 0.6 is 0 Å². The largest absolute Gasteiger partial charge is 0.383 e. The van der Waals surface area contributed by atoms with Crippen LogP contribution in [0.25, 0.3) is 0 Å². The van der Waals surface area contributed by atoms with Crippen molar-refractivity contribution in [1.29, 1.82) is 0 Å². The molecule has 0 spiro atoms. The Morgan fingerprint density at radius 3 is 2.53 bits per heavy atom. The molecule has 1 fully saturated rings. The quantitative estimate of drug-likeness (QED) is 0.670. The lowest BCUT2D eigenvalue weighted by Gasteiger charge is -2.32. The van der Waals surface area contributed by atoms with E-state index >= 15 is 0 Å². The van der Waals surface area contributed by atoms with Crippen molar-refractivity contribution < 1.29 is 13.2 Å². The first-order valence-electron chi connectivity index (χ1n) is 6.96. The van der Waals surface area contributed by atoms with Gasteiger partial charge in [-0.1, -0.05) is 6.92 Å². The minimum atomic E-state index is -3.37. The summed E-state index contributed by atoms with van der Waals surface area (Å²) in [5, 5.41) is 3.32. The Hall–Kier alpha value is -0.210. The number of piperidine rings is 1. The average Bonchev–Trinajstić information content (AvgIpc) is 2.36. The van der Waals surface area contributed by atoms with Crippen LogP contribution in [0.1, 0.15) is 26.7 Å². The number of nitrogens with zero attached hydrogens (tertiary/aromatic N) is 1. The van der Waals surface area contributed by atoms with E-state index in [1.54, 1.807) is 18.3 Å². The lowest BCUT2D eigenvalue weighted by Crippen LogP contribution is -2.49. The molecule has 0 saturated carbocycles. The van der Waals surface area contributed by atoms with E-state index in [0.29, 0.717) is 25.6 Å². The van der Waals surface area contributed by atoms with Gasteiger partial charge >= 0.3 is 0 Å². The fourth-order valence-corrected chi connectivity index (χ4v) is 3.73. The molecule has 0 amide bonds. The summed E-state index contributed by atoms with van der Waals surface area (Å²) in [5.41, 5.74) is 0. The van der Waals surface area contributed by atoms with Crippen LogP contribution in [-0.4, -0.2) is 58.7 Å². The zero-order valence-corrected chi connectivity index (χ0v) is 13.0. The van der Waals surface area contributed by atoms with Gasteiger partial charge in [0.15, 0.2) is 0 Å². The van der Waals surface area contributed by atoms with Crippen molar-refractivity contribution in [2.24, 2.45) is 5.92 Å². The predicted octanol–water partition coefficient (Wildman–Crippen LogP) is 0.177. The van der Waals surface area contributed by atoms with E-state index in [9.17, 15) is 8.42 Å². The summed E-state index contributed by atoms with van der Waals surface area (Å²) in [6, 6.07) is -0.200. The number of rotatable bonds is 8. The lowest BCUT2D eigenvalue weighted by atomic mass is 9.98. The van der Waals surface area contributed by atoms with Crippen LogP contribution in [0.15, 0.2) is 0 Å². The highest BCUT2D eigenvalue weighted by atomic mass is 32.2. The third-order valence-electron chi connectivity index (χ3n) is 3.36. The molecule has 1 heterocycles. The molecule has 6 nitrogen and oxygen atoms in total. The van der Waals surface area contributed by atoms with Crippen molar-refractivity contribution in [2.75, 3.05) is 39.9 Å². The molecule has 114 valence electrons. The molecule has 0 radical (unpaired) electrons. The summed E-state index contributed by atoms with van der Waals surface area (Å²) in [7, 11) is -1.80. The Balaban J connectivity index is 2.40. The van der Waals surface area contributed by atoms with Crippen molar-refractivity contribution in [3.63, 3.8) is 0 Å². The van der Waals surface area contributed by atoms with E-state index in [0.717, 1.165) is 25.9 Å². The first-order valence-corrected chi connectivity index (χ1v) is 8.40. The van der Waals surface area contributed by atoms with Crippen LogP contribution < -0.4 is 10.0 Å². The van der Waals surface area contributed by atoms with Crippen molar-refractivity contribution in [3.05, 3.63) is 0 Å². The Bertz CT molecular complexity index is 340. The molecule has 1 saturated heterocycles. The van der Waals surface area contributed by atoms with Crippen molar-refractivity contribution in [2.45, 2.75) is 32.7 Å². The highest BCUT2D eigenvalue weighted by molar-refractivity contribution is 7.87. The van der Waals surface area contributed by atoms with Gasteiger partial charge in [0.25, 0.3) is 10.2 Å². The van der Waals surface area contributed by atoms with E-state index in [1.165, 1.54) is 0 Å². The second-order valence-corrected chi connectivity index (χ2v) is 6.83. The van der Waals surface area contributed by atoms with Crippen molar-refractivity contribution in [3.8, 4) is 0 Å². The molecule has 1 unspecified atom stereocenters. The van der Waals surface area contributed by atoms with Gasteiger partial charge in [0, 0.05) is 26.2 Å². The fourth-order valence-electron chi connectivity index (χ4n) is 2.32. The van der Waals surface area contributed by atoms with Gasteiger partial charge in [-0.05, 0) is 38.8 Å². The molecule has 1 rings (SSSR count). The first-order chi connectivity index (χ1) is 8.99. The van der Waals surface area contributed by atoms with Gasteiger partial charge in [-0.15, -0.1) is 0 Å². The molecule has 0 bridgehead atoms. The number of hydrogen-bond acceptors (Lipinski definition) is 4. The number of ether oxygens (including phenoxy) is 1. The average molecular weight is 293 g/mol. The molecule has 0 aromatic carbocycles. The molecular weight excluding hydrogens is 266 g/mol. The molecule has 1 atom stereocenters. The Kier molecular flexibility index (Phi) is 7.23. The lowest BCUT2D eigenvalue weighted by molar-refractivity contribution is 0.178. The zero-order chi connectivity index (χ0) is 14.3. The summed E-state index contributed by atoms with van der Waals surface area (Å²) in [6.07, 6.45) is 1.85. The Morgan fingerprint density at radius 1 is 1.37 bits per heavy atom. The maximum atomic E-state index is 12.1. The third-order valence-corrected chi connectivity index (χ3v) is 5.11. The molecule has 2 N–H and O–H groups in total. The maximum absolute atomic E-state index is 12.1. The van der Waals surface area contributed by atoms with Gasteiger partial charge in [0.1, 0.15) is 0 Å². The monoisotopic (exact) mass is 293 g/mol. The maximum Gasteiger partial charge on any atom is 0.279 e. The standard InChI is InChI=1S/C12H27N3O3S/c1-4-13-9-12-5-7-15(8-6-12)19(16,17)14-11(2)10-18-3/h11-14H,4-10H2,1-3H3. The summed E-state index contributed by atoms with van der Waals surface area (Å²) < 4.78 is 33.4. The fraction of sp³-hybridized carbons (Fsp3) is 1.00. The third kappa shape index (κ3) is 5.74. The highest BCUT2D eigenvalue weighted by Crippen LogP contribution is 2.18. The SMILES string of the molecule is CCNCC1CCN(S(=O)(=O)NC(C)COC)CC1. The van der Waals surface area contributed by atoms with E-state index in [1.807, 2.05) is 0 Å². The van der Waals surface area contributed by atoms with Crippen LogP contribution in [0.5, 0.6) is 0 Å². The summed E-state index contributed by atoms with van der Waals surface area (Å²) in [6.45, 7) is 7.43. The zero-order valence-electron chi connectivity index (χ0n) is 12.2. The summed E-state index contributed by atoms with van der Waals surface area (Å²) >= 11 is 0. The highest BCUT2D eigenvalue weighted by Gasteiger charge is 2.28. The minimum Gasteiger partial charge on any atom is -0.383 e. The van der Waals surface area contributed by atoms with Crippen LogP contribution in [-0.2, 0) is 14.9 Å². The van der Waals surface area contributed by atoms with Crippen LogP contribution in [0.4, 0.5) is 0 Å². The smallest absolute Gasteiger partial charge is 0.279 e. The van der Waals surface area contributed by atoms with Gasteiger partial charge in [0.2, 0.25) is 0 Å². The molecular formula is C12H27N3O3S. The van der Waals surface area contributed by atoms with Gasteiger partial charge in [-0.2, -0.15) is 17.4 Å². The summed E-state index contributed by atoms with van der Waals surface area (Å²) in [5.74, 6) is 0.586. The molecule has 0 aromatic heterocycles. The van der Waals surface area contributed by atoms with E-state index in [4.69, 9.17) is 4.74 Å². The molecule has 7 heteroatoms. The molecule has 0 aromatic rings. The van der Waals surface area contributed by atoms with Crippen LogP contribution in [0.3, 0.4) is 0 Å². The van der Waals surface area contributed by atoms with Gasteiger partial charge in [-0.3, -0.25) is 0 Å². The second-order valence-electron chi connectivity index (χ2n) is 5.13. The van der Waals surface area contributed by atoms with Crippen molar-refractivity contribution >= 4 is 10.2 Å². The Morgan fingerprint density at radius 2 is 2.00 bits per heavy atom. The van der Waals surface area contributed by atoms with Crippen LogP contribution in [0, 0.1) is 5.92 Å². The van der Waals surface area contributed by atoms with E-state index < -0.39 is 10.2 Å².